The number of hydrogen-bond donors (Lipinski definition) is 1. The van der Waals surface area contributed by atoms with Gasteiger partial charge in [0.15, 0.2) is 5.60 Å². The first-order valence-electron chi connectivity index (χ1n) is 3.83. The molecule has 12 heavy (non-hydrogen) atoms. The highest BCUT2D eigenvalue weighted by molar-refractivity contribution is 4.90. The topological polar surface area (TPSA) is 29.5 Å². The van der Waals surface area contributed by atoms with E-state index < -0.39 is 18.4 Å². The number of aliphatic hydroxyl groups is 1. The Hall–Kier alpha value is -0.290. The van der Waals surface area contributed by atoms with Crippen molar-refractivity contribution >= 4 is 0 Å². The molecular weight excluding hydrogens is 173 g/mol. The van der Waals surface area contributed by atoms with E-state index in [0.717, 1.165) is 0 Å². The Morgan fingerprint density at radius 1 is 1.33 bits per heavy atom. The van der Waals surface area contributed by atoms with Crippen molar-refractivity contribution in [3.8, 4) is 0 Å². The molecule has 0 saturated carbocycles. The molecule has 0 amide bonds. The molecule has 1 aliphatic rings. The zero-order valence-electron chi connectivity index (χ0n) is 6.52. The molecule has 1 saturated heterocycles. The van der Waals surface area contributed by atoms with E-state index in [1.165, 1.54) is 0 Å². The molecule has 1 atom stereocenters. The Bertz CT molecular complexity index is 149. The Morgan fingerprint density at radius 2 is 2.00 bits per heavy atom. The van der Waals surface area contributed by atoms with Gasteiger partial charge in [0.1, 0.15) is 0 Å². The Morgan fingerprint density at radius 3 is 2.25 bits per heavy atom. The minimum absolute atomic E-state index is 0.0834. The van der Waals surface area contributed by atoms with Gasteiger partial charge in [-0.05, 0) is 19.3 Å². The van der Waals surface area contributed by atoms with Crippen LogP contribution in [0.5, 0.6) is 0 Å². The van der Waals surface area contributed by atoms with Gasteiger partial charge in [0.2, 0.25) is 0 Å². The highest BCUT2D eigenvalue weighted by Gasteiger charge is 2.56. The van der Waals surface area contributed by atoms with Gasteiger partial charge in [0.25, 0.3) is 0 Å². The van der Waals surface area contributed by atoms with Crippen LogP contribution >= 0.6 is 0 Å². The summed E-state index contributed by atoms with van der Waals surface area (Å²) in [5, 5.41) is 8.63. The van der Waals surface area contributed by atoms with Gasteiger partial charge < -0.3 is 9.84 Å². The van der Waals surface area contributed by atoms with Gasteiger partial charge in [0, 0.05) is 6.61 Å². The van der Waals surface area contributed by atoms with E-state index in [1.54, 1.807) is 0 Å². The van der Waals surface area contributed by atoms with Gasteiger partial charge in [-0.25, -0.2) is 0 Å². The maximum Gasteiger partial charge on any atom is 0.419 e. The third-order valence-corrected chi connectivity index (χ3v) is 2.13. The smallest absolute Gasteiger partial charge is 0.393 e. The third kappa shape index (κ3) is 1.56. The lowest BCUT2D eigenvalue weighted by molar-refractivity contribution is -0.299. The minimum atomic E-state index is -4.46. The van der Waals surface area contributed by atoms with E-state index in [-0.39, 0.29) is 13.0 Å². The van der Waals surface area contributed by atoms with E-state index in [4.69, 9.17) is 5.11 Å². The number of aliphatic hydroxyl groups excluding tert-OH is 1. The molecule has 0 spiro atoms. The summed E-state index contributed by atoms with van der Waals surface area (Å²) in [6.07, 6.45) is -3.49. The van der Waals surface area contributed by atoms with Crippen molar-refractivity contribution in [3.05, 3.63) is 0 Å². The highest BCUT2D eigenvalue weighted by Crippen LogP contribution is 2.39. The maximum absolute atomic E-state index is 12.3. The fourth-order valence-corrected chi connectivity index (χ4v) is 1.29. The van der Waals surface area contributed by atoms with Crippen LogP contribution in [0.2, 0.25) is 0 Å². The fourth-order valence-electron chi connectivity index (χ4n) is 1.29. The maximum atomic E-state index is 12.3. The zero-order chi connectivity index (χ0) is 9.24. The Balaban J connectivity index is 2.73. The van der Waals surface area contributed by atoms with Gasteiger partial charge in [-0.3, -0.25) is 0 Å². The fraction of sp³-hybridized carbons (Fsp3) is 1.00. The molecule has 5 heteroatoms. The molecule has 2 nitrogen and oxygen atoms in total. The predicted molar refractivity (Wildman–Crippen MR) is 35.7 cm³/mol. The van der Waals surface area contributed by atoms with E-state index >= 15 is 0 Å². The van der Waals surface area contributed by atoms with E-state index in [1.807, 2.05) is 0 Å². The summed E-state index contributed by atoms with van der Waals surface area (Å²) in [5.74, 6) is 0. The van der Waals surface area contributed by atoms with Crippen LogP contribution in [0, 0.1) is 0 Å². The van der Waals surface area contributed by atoms with Gasteiger partial charge in [-0.15, -0.1) is 0 Å². The Kier molecular flexibility index (Phi) is 2.63. The molecule has 0 radical (unpaired) electrons. The molecule has 0 aromatic heterocycles. The minimum Gasteiger partial charge on any atom is -0.393 e. The van der Waals surface area contributed by atoms with E-state index in [2.05, 4.69) is 4.74 Å². The first-order valence-corrected chi connectivity index (χ1v) is 3.83. The predicted octanol–water partition coefficient (Wildman–Crippen LogP) is 1.48. The van der Waals surface area contributed by atoms with Crippen LogP contribution in [0.3, 0.4) is 0 Å². The molecule has 0 aromatic rings. The quantitative estimate of drug-likeness (QED) is 0.668. The molecule has 0 bridgehead atoms. The summed E-state index contributed by atoms with van der Waals surface area (Å²) in [5.41, 5.74) is -2.29. The second kappa shape index (κ2) is 3.22. The lowest BCUT2D eigenvalue weighted by Crippen LogP contribution is -2.52. The van der Waals surface area contributed by atoms with Crippen molar-refractivity contribution in [2.24, 2.45) is 0 Å². The molecule has 1 N–H and O–H groups in total. The van der Waals surface area contributed by atoms with Crippen molar-refractivity contribution in [1.29, 1.82) is 0 Å². The number of hydrogen-bond acceptors (Lipinski definition) is 2. The van der Waals surface area contributed by atoms with Crippen LogP contribution in [0.25, 0.3) is 0 Å². The second-order valence-corrected chi connectivity index (χ2v) is 2.96. The van der Waals surface area contributed by atoms with Crippen molar-refractivity contribution < 1.29 is 23.0 Å². The molecule has 1 aliphatic heterocycles. The number of ether oxygens (including phenoxy) is 1. The van der Waals surface area contributed by atoms with Crippen LogP contribution in [-0.2, 0) is 4.74 Å². The summed E-state index contributed by atoms with van der Waals surface area (Å²) in [4.78, 5) is 0. The van der Waals surface area contributed by atoms with Crippen LogP contribution in [0.1, 0.15) is 19.3 Å². The largest absolute Gasteiger partial charge is 0.419 e. The van der Waals surface area contributed by atoms with Crippen molar-refractivity contribution in [2.45, 2.75) is 31.0 Å². The number of rotatable bonds is 1. The van der Waals surface area contributed by atoms with Crippen molar-refractivity contribution in [2.75, 3.05) is 13.2 Å². The molecule has 1 heterocycles. The molecular formula is C7H11F3O2. The summed E-state index contributed by atoms with van der Waals surface area (Å²) in [7, 11) is 0. The van der Waals surface area contributed by atoms with Gasteiger partial charge in [0.05, 0.1) is 6.61 Å². The van der Waals surface area contributed by atoms with Crippen molar-refractivity contribution in [1.82, 2.24) is 0 Å². The highest BCUT2D eigenvalue weighted by atomic mass is 19.4. The summed E-state index contributed by atoms with van der Waals surface area (Å²) >= 11 is 0. The summed E-state index contributed by atoms with van der Waals surface area (Å²) in [6, 6.07) is 0. The average molecular weight is 184 g/mol. The van der Waals surface area contributed by atoms with Crippen LogP contribution in [0.4, 0.5) is 13.2 Å². The van der Waals surface area contributed by atoms with Crippen LogP contribution in [0.15, 0.2) is 0 Å². The second-order valence-electron chi connectivity index (χ2n) is 2.96. The lowest BCUT2D eigenvalue weighted by atomic mass is 9.94. The molecule has 1 rings (SSSR count). The first kappa shape index (κ1) is 9.80. The van der Waals surface area contributed by atoms with Gasteiger partial charge in [-0.1, -0.05) is 0 Å². The first-order chi connectivity index (χ1) is 5.52. The number of halogens is 3. The molecule has 72 valence electrons. The van der Waals surface area contributed by atoms with Gasteiger partial charge in [-0.2, -0.15) is 13.2 Å². The van der Waals surface area contributed by atoms with Crippen LogP contribution in [-0.4, -0.2) is 30.1 Å². The summed E-state index contributed by atoms with van der Waals surface area (Å²) in [6.45, 7) is -0.892. The molecule has 0 aliphatic carbocycles. The Labute approximate surface area is 68.3 Å². The van der Waals surface area contributed by atoms with E-state index in [9.17, 15) is 13.2 Å². The third-order valence-electron chi connectivity index (χ3n) is 2.13. The standard InChI is InChI=1S/C7H11F3O2/c8-7(9,10)6(5-11)3-1-2-4-12-6/h11H,1-5H2. The van der Waals surface area contributed by atoms with Crippen LogP contribution < -0.4 is 0 Å². The zero-order valence-corrected chi connectivity index (χ0v) is 6.52. The molecule has 1 unspecified atom stereocenters. The molecule has 1 fully saturated rings. The normalized spacial score (nSPS) is 32.0. The van der Waals surface area contributed by atoms with Gasteiger partial charge >= 0.3 is 6.18 Å². The van der Waals surface area contributed by atoms with E-state index in [0.29, 0.717) is 12.8 Å². The monoisotopic (exact) mass is 184 g/mol. The number of alkyl halides is 3. The summed E-state index contributed by atoms with van der Waals surface area (Å²) < 4.78 is 41.5. The molecule has 0 aromatic carbocycles. The SMILES string of the molecule is OCC1(C(F)(F)F)CCCCO1. The lowest BCUT2D eigenvalue weighted by Gasteiger charge is -2.36. The average Bonchev–Trinajstić information content (AvgIpc) is 2.04. The van der Waals surface area contributed by atoms with Crippen molar-refractivity contribution in [3.63, 3.8) is 0 Å².